The first-order chi connectivity index (χ1) is 14.9. The van der Waals surface area contributed by atoms with E-state index in [0.29, 0.717) is 16.9 Å². The molecule has 0 unspecified atom stereocenters. The molecule has 2 aromatic rings. The standard InChI is InChI=1S/C24H28F3N3O2/c1-22(2,3)32-20-14-28-19(18-9-10-23(29-18)11-12-30(4)21(23)31)13-17(20)15-5-7-16(8-6-15)24(25,26)27/h5-8,13-14,18,29H,9-12H2,1-4H3/t18-,23-/m0/s1. The lowest BCUT2D eigenvalue weighted by Crippen LogP contribution is -2.47. The zero-order chi connectivity index (χ0) is 23.3. The molecule has 3 heterocycles. The lowest BCUT2D eigenvalue weighted by atomic mass is 9.96. The van der Waals surface area contributed by atoms with Crippen molar-refractivity contribution >= 4 is 5.91 Å². The summed E-state index contributed by atoms with van der Waals surface area (Å²) in [5, 5.41) is 3.49. The van der Waals surface area contributed by atoms with Crippen LogP contribution in [0.5, 0.6) is 5.75 Å². The third-order valence-electron chi connectivity index (χ3n) is 6.13. The molecule has 2 aliphatic rings. The number of nitrogens with zero attached hydrogens (tertiary/aromatic N) is 2. The molecule has 1 N–H and O–H groups in total. The van der Waals surface area contributed by atoms with E-state index < -0.39 is 22.9 Å². The van der Waals surface area contributed by atoms with Crippen LogP contribution in [0.3, 0.4) is 0 Å². The van der Waals surface area contributed by atoms with Gasteiger partial charge >= 0.3 is 6.18 Å². The summed E-state index contributed by atoms with van der Waals surface area (Å²) in [4.78, 5) is 19.0. The average Bonchev–Trinajstić information content (AvgIpc) is 3.26. The summed E-state index contributed by atoms with van der Waals surface area (Å²) in [6.45, 7) is 6.44. The van der Waals surface area contributed by atoms with Crippen molar-refractivity contribution in [3.05, 3.63) is 47.8 Å². The summed E-state index contributed by atoms with van der Waals surface area (Å²) < 4.78 is 45.1. The highest BCUT2D eigenvalue weighted by molar-refractivity contribution is 5.88. The van der Waals surface area contributed by atoms with E-state index in [-0.39, 0.29) is 11.9 Å². The number of ether oxygens (including phenoxy) is 1. The fourth-order valence-corrected chi connectivity index (χ4v) is 4.51. The molecule has 1 aromatic heterocycles. The van der Waals surface area contributed by atoms with Crippen LogP contribution in [0.15, 0.2) is 36.5 Å². The summed E-state index contributed by atoms with van der Waals surface area (Å²) in [5.74, 6) is 0.612. The molecule has 2 aliphatic heterocycles. The lowest BCUT2D eigenvalue weighted by molar-refractivity contribution is -0.137. The molecule has 1 amide bonds. The summed E-state index contributed by atoms with van der Waals surface area (Å²) in [6, 6.07) is 6.82. The zero-order valence-corrected chi connectivity index (χ0v) is 18.7. The van der Waals surface area contributed by atoms with Gasteiger partial charge in [-0.15, -0.1) is 0 Å². The van der Waals surface area contributed by atoms with Crippen LogP contribution >= 0.6 is 0 Å². The Morgan fingerprint density at radius 3 is 2.41 bits per heavy atom. The quantitative estimate of drug-likeness (QED) is 0.722. The van der Waals surface area contributed by atoms with Gasteiger partial charge in [0.2, 0.25) is 5.91 Å². The minimum absolute atomic E-state index is 0.107. The van der Waals surface area contributed by atoms with E-state index in [1.807, 2.05) is 33.9 Å². The molecule has 172 valence electrons. The van der Waals surface area contributed by atoms with Gasteiger partial charge in [-0.05, 0) is 63.8 Å². The van der Waals surface area contributed by atoms with Crippen LogP contribution in [0, 0.1) is 0 Å². The van der Waals surface area contributed by atoms with E-state index in [9.17, 15) is 18.0 Å². The summed E-state index contributed by atoms with van der Waals surface area (Å²) in [6.07, 6.45) is -0.509. The van der Waals surface area contributed by atoms with Gasteiger partial charge in [-0.2, -0.15) is 13.2 Å². The third-order valence-corrected chi connectivity index (χ3v) is 6.13. The molecule has 1 spiro atoms. The van der Waals surface area contributed by atoms with Gasteiger partial charge in [-0.25, -0.2) is 0 Å². The Balaban J connectivity index is 1.68. The van der Waals surface area contributed by atoms with Crippen molar-refractivity contribution in [2.75, 3.05) is 13.6 Å². The van der Waals surface area contributed by atoms with Gasteiger partial charge in [0.25, 0.3) is 0 Å². The number of carbonyl (C=O) groups excluding carboxylic acids is 1. The number of likely N-dealkylation sites (N-methyl/N-ethyl adjacent to an activating group) is 1. The molecule has 8 heteroatoms. The maximum absolute atomic E-state index is 13.0. The number of hydrogen-bond acceptors (Lipinski definition) is 4. The highest BCUT2D eigenvalue weighted by atomic mass is 19.4. The average molecular weight is 448 g/mol. The van der Waals surface area contributed by atoms with E-state index in [1.54, 1.807) is 11.1 Å². The summed E-state index contributed by atoms with van der Waals surface area (Å²) in [5.41, 5.74) is 0.301. The predicted octanol–water partition coefficient (Wildman–Crippen LogP) is 4.97. The van der Waals surface area contributed by atoms with Gasteiger partial charge < -0.3 is 9.64 Å². The van der Waals surface area contributed by atoms with Crippen molar-refractivity contribution in [1.82, 2.24) is 15.2 Å². The van der Waals surface area contributed by atoms with Gasteiger partial charge in [0, 0.05) is 19.2 Å². The molecule has 0 bridgehead atoms. The molecule has 4 rings (SSSR count). The van der Waals surface area contributed by atoms with Crippen molar-refractivity contribution in [3.8, 4) is 16.9 Å². The number of pyridine rings is 1. The molecule has 0 aliphatic carbocycles. The molecule has 2 fully saturated rings. The number of hydrogen-bond donors (Lipinski definition) is 1. The second-order valence-electron chi connectivity index (χ2n) is 9.69. The van der Waals surface area contributed by atoms with Crippen LogP contribution in [-0.4, -0.2) is 40.5 Å². The second-order valence-corrected chi connectivity index (χ2v) is 9.69. The van der Waals surface area contributed by atoms with E-state index in [1.165, 1.54) is 12.1 Å². The number of likely N-dealkylation sites (tertiary alicyclic amines) is 1. The van der Waals surface area contributed by atoms with Gasteiger partial charge in [0.15, 0.2) is 0 Å². The first-order valence-corrected chi connectivity index (χ1v) is 10.8. The van der Waals surface area contributed by atoms with E-state index in [0.717, 1.165) is 43.6 Å². The van der Waals surface area contributed by atoms with Crippen molar-refractivity contribution in [2.24, 2.45) is 0 Å². The number of rotatable bonds is 3. The number of nitrogens with one attached hydrogen (secondary N) is 1. The highest BCUT2D eigenvalue weighted by Gasteiger charge is 2.50. The molecular weight excluding hydrogens is 419 g/mol. The maximum atomic E-state index is 13.0. The number of halogens is 3. The van der Waals surface area contributed by atoms with Gasteiger partial charge in [-0.1, -0.05) is 12.1 Å². The van der Waals surface area contributed by atoms with E-state index in [4.69, 9.17) is 4.74 Å². The fourth-order valence-electron chi connectivity index (χ4n) is 4.51. The van der Waals surface area contributed by atoms with Crippen LogP contribution in [0.4, 0.5) is 13.2 Å². The summed E-state index contributed by atoms with van der Waals surface area (Å²) in [7, 11) is 1.81. The Bertz CT molecular complexity index is 1010. The van der Waals surface area contributed by atoms with Gasteiger partial charge in [0.1, 0.15) is 16.9 Å². The van der Waals surface area contributed by atoms with Crippen molar-refractivity contribution < 1.29 is 22.7 Å². The van der Waals surface area contributed by atoms with Crippen molar-refractivity contribution in [2.45, 2.75) is 63.4 Å². The van der Waals surface area contributed by atoms with E-state index >= 15 is 0 Å². The Morgan fingerprint density at radius 1 is 1.16 bits per heavy atom. The van der Waals surface area contributed by atoms with Crippen LogP contribution in [0.1, 0.15) is 57.3 Å². The van der Waals surface area contributed by atoms with Crippen LogP contribution in [0.2, 0.25) is 0 Å². The van der Waals surface area contributed by atoms with Gasteiger partial charge in [0.05, 0.1) is 23.5 Å². The number of alkyl halides is 3. The van der Waals surface area contributed by atoms with Crippen LogP contribution in [-0.2, 0) is 11.0 Å². The van der Waals surface area contributed by atoms with Crippen molar-refractivity contribution in [1.29, 1.82) is 0 Å². The maximum Gasteiger partial charge on any atom is 0.416 e. The second kappa shape index (κ2) is 7.76. The molecule has 2 atom stereocenters. The Morgan fingerprint density at radius 2 is 1.84 bits per heavy atom. The highest BCUT2D eigenvalue weighted by Crippen LogP contribution is 2.41. The van der Waals surface area contributed by atoms with Crippen LogP contribution in [0.25, 0.3) is 11.1 Å². The Labute approximate surface area is 186 Å². The molecule has 0 radical (unpaired) electrons. The number of benzene rings is 1. The number of carbonyl (C=O) groups is 1. The largest absolute Gasteiger partial charge is 0.486 e. The number of aromatic nitrogens is 1. The first-order valence-electron chi connectivity index (χ1n) is 10.8. The monoisotopic (exact) mass is 447 g/mol. The SMILES string of the molecule is CN1CC[C@@]2(CC[C@@H](c3cc(-c4ccc(C(F)(F)F)cc4)c(OC(C)(C)C)cn3)N2)C1=O. The minimum atomic E-state index is -4.39. The minimum Gasteiger partial charge on any atom is -0.486 e. The molecule has 5 nitrogen and oxygen atoms in total. The smallest absolute Gasteiger partial charge is 0.416 e. The topological polar surface area (TPSA) is 54.5 Å². The fraction of sp³-hybridized carbons (Fsp3) is 0.500. The van der Waals surface area contributed by atoms with Gasteiger partial charge in [-0.3, -0.25) is 15.1 Å². The van der Waals surface area contributed by atoms with E-state index in [2.05, 4.69) is 10.3 Å². The molecule has 32 heavy (non-hydrogen) atoms. The Kier molecular flexibility index (Phi) is 5.48. The predicted molar refractivity (Wildman–Crippen MR) is 115 cm³/mol. The normalized spacial score (nSPS) is 23.9. The molecular formula is C24H28F3N3O2. The Hall–Kier alpha value is -2.61. The lowest BCUT2D eigenvalue weighted by Gasteiger charge is -2.25. The molecule has 0 saturated carbocycles. The first kappa shape index (κ1) is 22.6. The zero-order valence-electron chi connectivity index (χ0n) is 18.7. The molecule has 1 aromatic carbocycles. The summed E-state index contributed by atoms with van der Waals surface area (Å²) >= 11 is 0. The third kappa shape index (κ3) is 4.33. The van der Waals surface area contributed by atoms with Crippen molar-refractivity contribution in [3.63, 3.8) is 0 Å². The van der Waals surface area contributed by atoms with Crippen LogP contribution < -0.4 is 10.1 Å². The molecule has 2 saturated heterocycles. The number of amides is 1.